The largest absolute Gasteiger partial charge is 0.506 e. The molecule has 0 fully saturated rings. The molecule has 0 saturated heterocycles. The lowest BCUT2D eigenvalue weighted by Gasteiger charge is -2.02. The first-order chi connectivity index (χ1) is 9.47. The topological polar surface area (TPSA) is 61.7 Å². The Labute approximate surface area is 129 Å². The van der Waals surface area contributed by atoms with Gasteiger partial charge in [-0.05, 0) is 25.1 Å². The Kier molecular flexibility index (Phi) is 4.65. The maximum absolute atomic E-state index is 11.7. The highest BCUT2D eigenvalue weighted by molar-refractivity contribution is 7.10. The minimum atomic E-state index is -0.321. The van der Waals surface area contributed by atoms with E-state index in [-0.39, 0.29) is 16.7 Å². The molecule has 0 radical (unpaired) electrons. The van der Waals surface area contributed by atoms with E-state index in [1.54, 1.807) is 11.4 Å². The maximum atomic E-state index is 11.7. The summed E-state index contributed by atoms with van der Waals surface area (Å²) in [4.78, 5) is 12.8. The van der Waals surface area contributed by atoms with Crippen molar-refractivity contribution in [2.75, 3.05) is 0 Å². The van der Waals surface area contributed by atoms with E-state index in [9.17, 15) is 9.90 Å². The predicted molar refractivity (Wildman–Crippen MR) is 82.2 cm³/mol. The van der Waals surface area contributed by atoms with Crippen LogP contribution in [0.15, 0.2) is 28.7 Å². The zero-order chi connectivity index (χ0) is 14.7. The third-order valence-corrected chi connectivity index (χ3v) is 3.79. The Bertz CT molecular complexity index is 683. The summed E-state index contributed by atoms with van der Waals surface area (Å²) in [7, 11) is 0. The highest BCUT2D eigenvalue weighted by Crippen LogP contribution is 2.29. The normalized spacial score (nSPS) is 10.9. The minimum Gasteiger partial charge on any atom is -0.506 e. The lowest BCUT2D eigenvalue weighted by Crippen LogP contribution is -2.16. The van der Waals surface area contributed by atoms with Gasteiger partial charge in [0.25, 0.3) is 5.91 Å². The van der Waals surface area contributed by atoms with E-state index in [0.29, 0.717) is 16.1 Å². The molecule has 0 aliphatic carbocycles. The summed E-state index contributed by atoms with van der Waals surface area (Å²) >= 11 is 13.1. The van der Waals surface area contributed by atoms with Crippen LogP contribution >= 0.6 is 34.5 Å². The molecule has 1 aromatic carbocycles. The van der Waals surface area contributed by atoms with Gasteiger partial charge in [0.05, 0.1) is 16.8 Å². The Balaban J connectivity index is 2.09. The van der Waals surface area contributed by atoms with E-state index in [0.717, 1.165) is 4.88 Å². The molecule has 7 heteroatoms. The van der Waals surface area contributed by atoms with Gasteiger partial charge < -0.3 is 5.11 Å². The molecular weight excluding hydrogens is 319 g/mol. The maximum Gasteiger partial charge on any atom is 0.272 e. The van der Waals surface area contributed by atoms with E-state index >= 15 is 0 Å². The number of aromatic hydroxyl groups is 1. The van der Waals surface area contributed by atoms with Crippen molar-refractivity contribution < 1.29 is 9.90 Å². The molecule has 1 amide bonds. The van der Waals surface area contributed by atoms with Crippen molar-refractivity contribution in [3.8, 4) is 5.75 Å². The number of carbonyl (C=O) groups is 1. The van der Waals surface area contributed by atoms with Gasteiger partial charge in [0.2, 0.25) is 0 Å². The highest BCUT2D eigenvalue weighted by Gasteiger charge is 2.07. The van der Waals surface area contributed by atoms with E-state index < -0.39 is 0 Å². The zero-order valence-corrected chi connectivity index (χ0v) is 12.7. The van der Waals surface area contributed by atoms with Crippen molar-refractivity contribution in [3.63, 3.8) is 0 Å². The van der Waals surface area contributed by atoms with Gasteiger partial charge in [-0.2, -0.15) is 5.10 Å². The number of hydrazone groups is 1. The molecule has 1 heterocycles. The van der Waals surface area contributed by atoms with Crippen LogP contribution in [0.5, 0.6) is 5.75 Å². The van der Waals surface area contributed by atoms with Crippen LogP contribution in [0.1, 0.15) is 20.8 Å². The molecule has 0 spiro atoms. The number of phenols is 1. The molecule has 4 nitrogen and oxygen atoms in total. The Hall–Kier alpha value is -1.56. The summed E-state index contributed by atoms with van der Waals surface area (Å²) in [5.41, 5.74) is 3.23. The van der Waals surface area contributed by atoms with Gasteiger partial charge in [-0.25, -0.2) is 5.43 Å². The molecule has 2 N–H and O–H groups in total. The van der Waals surface area contributed by atoms with Gasteiger partial charge in [-0.3, -0.25) is 4.79 Å². The fourth-order valence-electron chi connectivity index (χ4n) is 1.47. The third-order valence-electron chi connectivity index (χ3n) is 2.42. The van der Waals surface area contributed by atoms with Gasteiger partial charge in [0, 0.05) is 20.8 Å². The Morgan fingerprint density at radius 2 is 2.15 bits per heavy atom. The minimum absolute atomic E-state index is 0.124. The fourth-order valence-corrected chi connectivity index (χ4v) is 2.66. The molecular formula is C13H10Cl2N2O2S. The zero-order valence-electron chi connectivity index (χ0n) is 10.4. The monoisotopic (exact) mass is 328 g/mol. The molecule has 0 atom stereocenters. The summed E-state index contributed by atoms with van der Waals surface area (Å²) < 4.78 is 0. The standard InChI is InChI=1S/C13H10Cl2N2O2S/c1-7-2-9(6-20-7)13(19)17-16-5-8-3-10(14)4-11(15)12(8)18/h2-6,18H,1H3,(H,17,19)/b16-5+. The SMILES string of the molecule is Cc1cc(C(=O)N/N=C/c2cc(Cl)cc(Cl)c2O)cs1. The first-order valence-corrected chi connectivity index (χ1v) is 7.17. The van der Waals surface area contributed by atoms with Crippen molar-refractivity contribution in [1.29, 1.82) is 0 Å². The van der Waals surface area contributed by atoms with E-state index in [4.69, 9.17) is 23.2 Å². The van der Waals surface area contributed by atoms with Crippen LogP contribution < -0.4 is 5.43 Å². The average molecular weight is 329 g/mol. The second kappa shape index (κ2) is 6.26. The van der Waals surface area contributed by atoms with E-state index in [1.807, 2.05) is 6.92 Å². The molecule has 20 heavy (non-hydrogen) atoms. The van der Waals surface area contributed by atoms with Gasteiger partial charge in [0.1, 0.15) is 5.75 Å². The average Bonchev–Trinajstić information content (AvgIpc) is 2.81. The number of benzene rings is 1. The number of thiophene rings is 1. The number of nitrogens with one attached hydrogen (secondary N) is 1. The summed E-state index contributed by atoms with van der Waals surface area (Å²) in [6, 6.07) is 4.68. The van der Waals surface area contributed by atoms with Crippen molar-refractivity contribution >= 4 is 46.7 Å². The van der Waals surface area contributed by atoms with Crippen LogP contribution in [-0.4, -0.2) is 17.2 Å². The van der Waals surface area contributed by atoms with Crippen LogP contribution in [0.4, 0.5) is 0 Å². The van der Waals surface area contributed by atoms with E-state index in [1.165, 1.54) is 29.7 Å². The number of nitrogens with zero attached hydrogens (tertiary/aromatic N) is 1. The lowest BCUT2D eigenvalue weighted by atomic mass is 10.2. The number of phenolic OH excluding ortho intramolecular Hbond substituents is 1. The highest BCUT2D eigenvalue weighted by atomic mass is 35.5. The number of hydrogen-bond acceptors (Lipinski definition) is 4. The van der Waals surface area contributed by atoms with Crippen molar-refractivity contribution in [2.45, 2.75) is 6.92 Å². The fraction of sp³-hybridized carbons (Fsp3) is 0.0769. The number of halogens is 2. The second-order valence-corrected chi connectivity index (χ2v) is 5.93. The van der Waals surface area contributed by atoms with E-state index in [2.05, 4.69) is 10.5 Å². The summed E-state index contributed by atoms with van der Waals surface area (Å²) in [6.45, 7) is 1.91. The van der Waals surface area contributed by atoms with Gasteiger partial charge in [-0.15, -0.1) is 11.3 Å². The number of carbonyl (C=O) groups excluding carboxylic acids is 1. The molecule has 0 saturated carbocycles. The predicted octanol–water partition coefficient (Wildman–Crippen LogP) is 3.83. The summed E-state index contributed by atoms with van der Waals surface area (Å²) in [5.74, 6) is -0.460. The van der Waals surface area contributed by atoms with Crippen molar-refractivity contribution in [3.05, 3.63) is 49.6 Å². The molecule has 0 aliphatic heterocycles. The number of hydrogen-bond donors (Lipinski definition) is 2. The number of amides is 1. The molecule has 1 aromatic heterocycles. The second-order valence-electron chi connectivity index (χ2n) is 3.97. The quantitative estimate of drug-likeness (QED) is 0.664. The van der Waals surface area contributed by atoms with Crippen LogP contribution in [0.3, 0.4) is 0 Å². The van der Waals surface area contributed by atoms with Crippen LogP contribution in [-0.2, 0) is 0 Å². The summed E-state index contributed by atoms with van der Waals surface area (Å²) in [5, 5.41) is 15.7. The summed E-state index contributed by atoms with van der Waals surface area (Å²) in [6.07, 6.45) is 1.28. The van der Waals surface area contributed by atoms with Crippen molar-refractivity contribution in [1.82, 2.24) is 5.43 Å². The molecule has 0 bridgehead atoms. The van der Waals surface area contributed by atoms with Crippen LogP contribution in [0.2, 0.25) is 10.0 Å². The molecule has 2 rings (SSSR count). The molecule has 2 aromatic rings. The lowest BCUT2D eigenvalue weighted by molar-refractivity contribution is 0.0955. The molecule has 0 unspecified atom stereocenters. The Morgan fingerprint density at radius 1 is 1.40 bits per heavy atom. The van der Waals surface area contributed by atoms with Crippen molar-refractivity contribution in [2.24, 2.45) is 5.10 Å². The van der Waals surface area contributed by atoms with Gasteiger partial charge in [0.15, 0.2) is 0 Å². The molecule has 0 aliphatic rings. The third kappa shape index (κ3) is 3.50. The number of rotatable bonds is 3. The number of aryl methyl sites for hydroxylation is 1. The van der Waals surface area contributed by atoms with Gasteiger partial charge in [-0.1, -0.05) is 23.2 Å². The first-order valence-electron chi connectivity index (χ1n) is 5.54. The van der Waals surface area contributed by atoms with Crippen LogP contribution in [0.25, 0.3) is 0 Å². The van der Waals surface area contributed by atoms with Gasteiger partial charge >= 0.3 is 0 Å². The smallest absolute Gasteiger partial charge is 0.272 e. The van der Waals surface area contributed by atoms with Crippen LogP contribution in [0, 0.1) is 6.92 Å². The first kappa shape index (κ1) is 14.8. The Morgan fingerprint density at radius 3 is 2.80 bits per heavy atom. The molecule has 104 valence electrons.